The van der Waals surface area contributed by atoms with E-state index in [1.807, 2.05) is 0 Å². The molecule has 0 aliphatic heterocycles. The maximum atomic E-state index is 11.5. The van der Waals surface area contributed by atoms with Crippen LogP contribution in [0.2, 0.25) is 0 Å². The van der Waals surface area contributed by atoms with Gasteiger partial charge in [-0.25, -0.2) is 9.59 Å². The molecule has 20 heavy (non-hydrogen) atoms. The van der Waals surface area contributed by atoms with Gasteiger partial charge in [-0.2, -0.15) is 0 Å². The number of carbonyl (C=O) groups is 3. The van der Waals surface area contributed by atoms with E-state index in [2.05, 4.69) is 10.6 Å². The van der Waals surface area contributed by atoms with Crippen LogP contribution in [0.4, 0.5) is 9.59 Å². The van der Waals surface area contributed by atoms with Gasteiger partial charge >= 0.3 is 12.2 Å². The third-order valence-electron chi connectivity index (χ3n) is 1.73. The lowest BCUT2D eigenvalue weighted by molar-refractivity contribution is -0.109. The number of ether oxygens (including phenoxy) is 2. The second-order valence-corrected chi connectivity index (χ2v) is 6.27. The average molecular weight is 288 g/mol. The molecule has 0 rings (SSSR count). The third kappa shape index (κ3) is 10.2. The highest BCUT2D eigenvalue weighted by Crippen LogP contribution is 2.07. The Balaban J connectivity index is 4.20. The first kappa shape index (κ1) is 18.2. The highest BCUT2D eigenvalue weighted by Gasteiger charge is 2.21. The SMILES string of the molecule is CC(C)(C)OC(=O)NCC(C=O)NC(=O)OC(C)(C)C. The maximum Gasteiger partial charge on any atom is 0.408 e. The number of hydrogen-bond donors (Lipinski definition) is 2. The van der Waals surface area contributed by atoms with E-state index in [0.717, 1.165) is 0 Å². The van der Waals surface area contributed by atoms with E-state index >= 15 is 0 Å². The van der Waals surface area contributed by atoms with Crippen molar-refractivity contribution in [3.63, 3.8) is 0 Å². The molecular weight excluding hydrogens is 264 g/mol. The highest BCUT2D eigenvalue weighted by molar-refractivity contribution is 5.74. The van der Waals surface area contributed by atoms with Crippen molar-refractivity contribution >= 4 is 18.5 Å². The molecule has 0 aliphatic rings. The zero-order valence-electron chi connectivity index (χ0n) is 12.9. The standard InChI is InChI=1S/C13H24N2O5/c1-12(2,3)19-10(17)14-7-9(8-16)15-11(18)20-13(4,5)6/h8-9H,7H2,1-6H3,(H,14,17)(H,15,18). The van der Waals surface area contributed by atoms with Gasteiger partial charge in [0, 0.05) is 6.54 Å². The molecule has 116 valence electrons. The molecule has 0 spiro atoms. The van der Waals surface area contributed by atoms with Crippen LogP contribution < -0.4 is 10.6 Å². The fourth-order valence-corrected chi connectivity index (χ4v) is 1.10. The Morgan fingerprint density at radius 2 is 1.45 bits per heavy atom. The fraction of sp³-hybridized carbons (Fsp3) is 0.769. The number of hydrogen-bond acceptors (Lipinski definition) is 5. The van der Waals surface area contributed by atoms with Gasteiger partial charge in [-0.05, 0) is 41.5 Å². The minimum atomic E-state index is -0.877. The normalized spacial score (nSPS) is 13.1. The van der Waals surface area contributed by atoms with Gasteiger partial charge < -0.3 is 24.9 Å². The minimum Gasteiger partial charge on any atom is -0.444 e. The van der Waals surface area contributed by atoms with E-state index < -0.39 is 29.4 Å². The average Bonchev–Trinajstić information content (AvgIpc) is 2.18. The van der Waals surface area contributed by atoms with Crippen molar-refractivity contribution < 1.29 is 23.9 Å². The van der Waals surface area contributed by atoms with E-state index in [0.29, 0.717) is 6.29 Å². The summed E-state index contributed by atoms with van der Waals surface area (Å²) in [4.78, 5) is 33.7. The van der Waals surface area contributed by atoms with Gasteiger partial charge in [-0.3, -0.25) is 0 Å². The summed E-state index contributed by atoms with van der Waals surface area (Å²) >= 11 is 0. The van der Waals surface area contributed by atoms with Crippen molar-refractivity contribution in [2.45, 2.75) is 58.8 Å². The minimum absolute atomic E-state index is 0.0718. The van der Waals surface area contributed by atoms with Crippen molar-refractivity contribution in [3.8, 4) is 0 Å². The lowest BCUT2D eigenvalue weighted by atomic mass is 10.2. The van der Waals surface area contributed by atoms with E-state index in [4.69, 9.17) is 9.47 Å². The molecule has 0 radical (unpaired) electrons. The van der Waals surface area contributed by atoms with Gasteiger partial charge in [0.05, 0.1) is 0 Å². The molecule has 0 bridgehead atoms. The van der Waals surface area contributed by atoms with Crippen LogP contribution in [0, 0.1) is 0 Å². The van der Waals surface area contributed by atoms with Crippen LogP contribution in [0.25, 0.3) is 0 Å². The third-order valence-corrected chi connectivity index (χ3v) is 1.73. The summed E-state index contributed by atoms with van der Waals surface area (Å²) in [6.07, 6.45) is -0.864. The first-order valence-electron chi connectivity index (χ1n) is 6.34. The Hall–Kier alpha value is -1.79. The highest BCUT2D eigenvalue weighted by atomic mass is 16.6. The van der Waals surface area contributed by atoms with Crippen molar-refractivity contribution in [3.05, 3.63) is 0 Å². The van der Waals surface area contributed by atoms with Crippen molar-refractivity contribution in [1.29, 1.82) is 0 Å². The lowest BCUT2D eigenvalue weighted by Gasteiger charge is -2.22. The molecule has 2 N–H and O–H groups in total. The van der Waals surface area contributed by atoms with Gasteiger partial charge in [0.15, 0.2) is 0 Å². The smallest absolute Gasteiger partial charge is 0.408 e. The zero-order valence-corrected chi connectivity index (χ0v) is 12.9. The van der Waals surface area contributed by atoms with Crippen LogP contribution in [0.3, 0.4) is 0 Å². The number of alkyl carbamates (subject to hydrolysis) is 2. The summed E-state index contributed by atoms with van der Waals surface area (Å²) in [5, 5.41) is 4.74. The molecule has 0 aromatic rings. The number of carbonyl (C=O) groups excluding carboxylic acids is 3. The summed E-state index contributed by atoms with van der Waals surface area (Å²) in [5.41, 5.74) is -1.28. The van der Waals surface area contributed by atoms with Gasteiger partial charge in [0.1, 0.15) is 23.5 Å². The molecule has 7 nitrogen and oxygen atoms in total. The first-order chi connectivity index (χ1) is 8.93. The first-order valence-corrected chi connectivity index (χ1v) is 6.34. The van der Waals surface area contributed by atoms with Crippen LogP contribution >= 0.6 is 0 Å². The fourth-order valence-electron chi connectivity index (χ4n) is 1.10. The predicted molar refractivity (Wildman–Crippen MR) is 73.5 cm³/mol. The largest absolute Gasteiger partial charge is 0.444 e. The molecule has 2 amide bonds. The molecule has 0 aromatic carbocycles. The lowest BCUT2D eigenvalue weighted by Crippen LogP contribution is -2.47. The van der Waals surface area contributed by atoms with E-state index in [-0.39, 0.29) is 6.54 Å². The molecule has 1 atom stereocenters. The second kappa shape index (κ2) is 7.12. The quantitative estimate of drug-likeness (QED) is 0.766. The molecule has 0 saturated carbocycles. The molecule has 7 heteroatoms. The van der Waals surface area contributed by atoms with Crippen LogP contribution in [0.5, 0.6) is 0 Å². The number of aldehydes is 1. The van der Waals surface area contributed by atoms with Gasteiger partial charge in [0.25, 0.3) is 0 Å². The predicted octanol–water partition coefficient (Wildman–Crippen LogP) is 1.60. The summed E-state index contributed by atoms with van der Waals surface area (Å²) in [6, 6.07) is -0.877. The summed E-state index contributed by atoms with van der Waals surface area (Å²) < 4.78 is 10.0. The molecule has 0 aromatic heterocycles. The monoisotopic (exact) mass is 288 g/mol. The van der Waals surface area contributed by atoms with Gasteiger partial charge in [-0.15, -0.1) is 0 Å². The van der Waals surface area contributed by atoms with E-state index in [1.54, 1.807) is 41.5 Å². The Bertz CT molecular complexity index is 355. The van der Waals surface area contributed by atoms with Crippen LogP contribution in [0.15, 0.2) is 0 Å². The van der Waals surface area contributed by atoms with Crippen LogP contribution in [-0.2, 0) is 14.3 Å². The Morgan fingerprint density at radius 3 is 1.85 bits per heavy atom. The van der Waals surface area contributed by atoms with Crippen LogP contribution in [-0.4, -0.2) is 42.3 Å². The molecule has 1 unspecified atom stereocenters. The van der Waals surface area contributed by atoms with Crippen molar-refractivity contribution in [2.75, 3.05) is 6.54 Å². The molecular formula is C13H24N2O5. The second-order valence-electron chi connectivity index (χ2n) is 6.27. The molecule has 0 fully saturated rings. The number of rotatable bonds is 4. The molecule has 0 aliphatic carbocycles. The summed E-state index contributed by atoms with van der Waals surface area (Å²) in [7, 11) is 0. The molecule has 0 saturated heterocycles. The van der Waals surface area contributed by atoms with Crippen molar-refractivity contribution in [1.82, 2.24) is 10.6 Å². The van der Waals surface area contributed by atoms with Crippen LogP contribution in [0.1, 0.15) is 41.5 Å². The topological polar surface area (TPSA) is 93.7 Å². The number of amides is 2. The number of nitrogens with one attached hydrogen (secondary N) is 2. The zero-order chi connectivity index (χ0) is 16.0. The maximum absolute atomic E-state index is 11.5. The summed E-state index contributed by atoms with van der Waals surface area (Å²) in [5.74, 6) is 0. The van der Waals surface area contributed by atoms with Gasteiger partial charge in [-0.1, -0.05) is 0 Å². The van der Waals surface area contributed by atoms with E-state index in [1.165, 1.54) is 0 Å². The molecule has 0 heterocycles. The Labute approximate surface area is 119 Å². The van der Waals surface area contributed by atoms with Gasteiger partial charge in [0.2, 0.25) is 0 Å². The van der Waals surface area contributed by atoms with Crippen molar-refractivity contribution in [2.24, 2.45) is 0 Å². The summed E-state index contributed by atoms with van der Waals surface area (Å²) in [6.45, 7) is 10.2. The van der Waals surface area contributed by atoms with E-state index in [9.17, 15) is 14.4 Å². The Morgan fingerprint density at radius 1 is 1.00 bits per heavy atom. The Kier molecular flexibility index (Phi) is 6.48.